The first-order chi connectivity index (χ1) is 11.2. The van der Waals surface area contributed by atoms with E-state index in [9.17, 15) is 9.90 Å². The molecule has 1 saturated heterocycles. The number of carbonyl (C=O) groups excluding carboxylic acids is 1. The van der Waals surface area contributed by atoms with Crippen LogP contribution in [0.15, 0.2) is 24.3 Å². The summed E-state index contributed by atoms with van der Waals surface area (Å²) in [7, 11) is 0. The van der Waals surface area contributed by atoms with Crippen molar-refractivity contribution in [2.75, 3.05) is 32.9 Å². The molecule has 0 bridgehead atoms. The number of nitrogens with one attached hydrogen (secondary N) is 1. The van der Waals surface area contributed by atoms with Crippen molar-refractivity contribution in [3.05, 3.63) is 29.8 Å². The van der Waals surface area contributed by atoms with Gasteiger partial charge in [-0.05, 0) is 44.0 Å². The van der Waals surface area contributed by atoms with Gasteiger partial charge in [0.2, 0.25) is 0 Å². The Morgan fingerprint density at radius 2 is 2.22 bits per heavy atom. The third-order valence-electron chi connectivity index (χ3n) is 3.58. The van der Waals surface area contributed by atoms with E-state index in [0.29, 0.717) is 24.5 Å². The number of carbonyl (C=O) groups is 1. The van der Waals surface area contributed by atoms with E-state index in [1.54, 1.807) is 31.2 Å². The Morgan fingerprint density at radius 3 is 2.87 bits per heavy atom. The molecular formula is C17H25NO5. The van der Waals surface area contributed by atoms with Gasteiger partial charge in [0, 0.05) is 19.7 Å². The van der Waals surface area contributed by atoms with Crippen LogP contribution in [0.25, 0.3) is 0 Å². The highest BCUT2D eigenvalue weighted by molar-refractivity contribution is 5.89. The largest absolute Gasteiger partial charge is 0.491 e. The van der Waals surface area contributed by atoms with E-state index in [4.69, 9.17) is 14.2 Å². The second-order valence-electron chi connectivity index (χ2n) is 5.50. The summed E-state index contributed by atoms with van der Waals surface area (Å²) < 4.78 is 15.9. The van der Waals surface area contributed by atoms with Crippen molar-refractivity contribution in [3.63, 3.8) is 0 Å². The number of aliphatic hydroxyl groups excluding tert-OH is 1. The molecule has 1 aromatic rings. The molecule has 23 heavy (non-hydrogen) atoms. The normalized spacial score (nSPS) is 18.6. The van der Waals surface area contributed by atoms with Gasteiger partial charge in [0.05, 0.1) is 18.3 Å². The molecule has 1 aliphatic heterocycles. The van der Waals surface area contributed by atoms with Crippen LogP contribution in [-0.2, 0) is 9.47 Å². The van der Waals surface area contributed by atoms with Crippen molar-refractivity contribution in [2.45, 2.75) is 32.0 Å². The number of rotatable bonds is 9. The lowest BCUT2D eigenvalue weighted by atomic mass is 10.2. The molecule has 1 fully saturated rings. The van der Waals surface area contributed by atoms with Crippen molar-refractivity contribution in [1.29, 1.82) is 0 Å². The first kappa shape index (κ1) is 17.7. The number of esters is 1. The molecule has 128 valence electrons. The molecule has 0 amide bonds. The van der Waals surface area contributed by atoms with Gasteiger partial charge in [-0.3, -0.25) is 0 Å². The molecule has 0 spiro atoms. The quantitative estimate of drug-likeness (QED) is 0.669. The van der Waals surface area contributed by atoms with Crippen LogP contribution in [0.1, 0.15) is 30.1 Å². The molecule has 1 aliphatic rings. The highest BCUT2D eigenvalue weighted by Crippen LogP contribution is 2.13. The molecule has 2 N–H and O–H groups in total. The third-order valence-corrected chi connectivity index (χ3v) is 3.58. The summed E-state index contributed by atoms with van der Waals surface area (Å²) in [5.74, 6) is 0.258. The number of benzene rings is 1. The molecule has 6 nitrogen and oxygen atoms in total. The molecule has 2 atom stereocenters. The van der Waals surface area contributed by atoms with Crippen molar-refractivity contribution in [2.24, 2.45) is 0 Å². The first-order valence-electron chi connectivity index (χ1n) is 8.09. The van der Waals surface area contributed by atoms with E-state index in [2.05, 4.69) is 5.32 Å². The summed E-state index contributed by atoms with van der Waals surface area (Å²) in [6, 6.07) is 6.68. The van der Waals surface area contributed by atoms with Crippen molar-refractivity contribution in [3.8, 4) is 5.75 Å². The highest BCUT2D eigenvalue weighted by atomic mass is 16.5. The van der Waals surface area contributed by atoms with Crippen LogP contribution in [0.4, 0.5) is 0 Å². The average Bonchev–Trinajstić information content (AvgIpc) is 3.07. The van der Waals surface area contributed by atoms with E-state index in [1.165, 1.54) is 0 Å². The standard InChI is InChI=1S/C17H25NO5/c1-2-21-17(20)13-5-7-15(8-6-13)23-12-14(19)10-18-11-16-4-3-9-22-16/h5-8,14,16,18-19H,2-4,9-12H2,1H3/t14-,16+/m0/s1. The van der Waals surface area contributed by atoms with Crippen molar-refractivity contribution in [1.82, 2.24) is 5.32 Å². The molecule has 6 heteroatoms. The summed E-state index contributed by atoms with van der Waals surface area (Å²) in [5, 5.41) is 13.1. The lowest BCUT2D eigenvalue weighted by Gasteiger charge is -2.15. The average molecular weight is 323 g/mol. The fraction of sp³-hybridized carbons (Fsp3) is 0.588. The Balaban J connectivity index is 1.65. The van der Waals surface area contributed by atoms with Gasteiger partial charge in [-0.1, -0.05) is 0 Å². The molecule has 2 rings (SSSR count). The zero-order chi connectivity index (χ0) is 16.5. The van der Waals surface area contributed by atoms with Gasteiger partial charge in [0.1, 0.15) is 18.5 Å². The monoisotopic (exact) mass is 323 g/mol. The number of hydrogen-bond acceptors (Lipinski definition) is 6. The molecule has 1 aromatic carbocycles. The summed E-state index contributed by atoms with van der Waals surface area (Å²) in [5.41, 5.74) is 0.484. The first-order valence-corrected chi connectivity index (χ1v) is 8.09. The number of hydrogen-bond donors (Lipinski definition) is 2. The maximum atomic E-state index is 11.5. The third kappa shape index (κ3) is 6.17. The molecule has 1 heterocycles. The van der Waals surface area contributed by atoms with Crippen LogP contribution in [0.3, 0.4) is 0 Å². The zero-order valence-corrected chi connectivity index (χ0v) is 13.5. The molecular weight excluding hydrogens is 298 g/mol. The lowest BCUT2D eigenvalue weighted by Crippen LogP contribution is -2.35. The van der Waals surface area contributed by atoms with Crippen LogP contribution in [0.2, 0.25) is 0 Å². The van der Waals surface area contributed by atoms with Gasteiger partial charge >= 0.3 is 5.97 Å². The van der Waals surface area contributed by atoms with Crippen molar-refractivity contribution >= 4 is 5.97 Å². The second-order valence-corrected chi connectivity index (χ2v) is 5.50. The Labute approximate surface area is 136 Å². The van der Waals surface area contributed by atoms with Gasteiger partial charge in [-0.15, -0.1) is 0 Å². The molecule has 0 aliphatic carbocycles. The molecule has 0 saturated carbocycles. The van der Waals surface area contributed by atoms with Gasteiger partial charge in [0.15, 0.2) is 0 Å². The molecule has 0 unspecified atom stereocenters. The number of aliphatic hydroxyl groups is 1. The minimum absolute atomic E-state index is 0.192. The highest BCUT2D eigenvalue weighted by Gasteiger charge is 2.15. The van der Waals surface area contributed by atoms with Crippen molar-refractivity contribution < 1.29 is 24.1 Å². The summed E-state index contributed by atoms with van der Waals surface area (Å²) in [4.78, 5) is 11.5. The smallest absolute Gasteiger partial charge is 0.338 e. The van der Waals surface area contributed by atoms with Crippen LogP contribution < -0.4 is 10.1 Å². The summed E-state index contributed by atoms with van der Waals surface area (Å²) in [6.07, 6.45) is 1.85. The van der Waals surface area contributed by atoms with Crippen LogP contribution in [0, 0.1) is 0 Å². The predicted molar refractivity (Wildman–Crippen MR) is 85.7 cm³/mol. The van der Waals surface area contributed by atoms with Crippen LogP contribution in [-0.4, -0.2) is 56.2 Å². The van der Waals surface area contributed by atoms with Gasteiger partial charge in [-0.25, -0.2) is 4.79 Å². The van der Waals surface area contributed by atoms with E-state index in [1.807, 2.05) is 0 Å². The topological polar surface area (TPSA) is 77.0 Å². The second kappa shape index (κ2) is 9.50. The Bertz CT molecular complexity index is 470. The van der Waals surface area contributed by atoms with E-state index in [0.717, 1.165) is 26.0 Å². The zero-order valence-electron chi connectivity index (χ0n) is 13.5. The fourth-order valence-electron chi connectivity index (χ4n) is 2.37. The van der Waals surface area contributed by atoms with Crippen LogP contribution in [0.5, 0.6) is 5.75 Å². The van der Waals surface area contributed by atoms with E-state index in [-0.39, 0.29) is 18.7 Å². The van der Waals surface area contributed by atoms with E-state index < -0.39 is 6.10 Å². The maximum Gasteiger partial charge on any atom is 0.338 e. The Morgan fingerprint density at radius 1 is 1.43 bits per heavy atom. The van der Waals surface area contributed by atoms with Gasteiger partial charge in [0.25, 0.3) is 0 Å². The van der Waals surface area contributed by atoms with Gasteiger partial charge < -0.3 is 24.6 Å². The van der Waals surface area contributed by atoms with Gasteiger partial charge in [-0.2, -0.15) is 0 Å². The summed E-state index contributed by atoms with van der Waals surface area (Å²) in [6.45, 7) is 4.36. The Hall–Kier alpha value is -1.63. The SMILES string of the molecule is CCOC(=O)c1ccc(OC[C@@H](O)CNC[C@H]2CCCO2)cc1. The maximum absolute atomic E-state index is 11.5. The fourth-order valence-corrected chi connectivity index (χ4v) is 2.37. The Kier molecular flexibility index (Phi) is 7.32. The minimum Gasteiger partial charge on any atom is -0.491 e. The molecule has 0 aromatic heterocycles. The van der Waals surface area contributed by atoms with Crippen LogP contribution >= 0.6 is 0 Å². The predicted octanol–water partition coefficient (Wildman–Crippen LogP) is 1.37. The number of ether oxygens (including phenoxy) is 3. The minimum atomic E-state index is -0.596. The summed E-state index contributed by atoms with van der Waals surface area (Å²) >= 11 is 0. The van der Waals surface area contributed by atoms with E-state index >= 15 is 0 Å². The molecule has 0 radical (unpaired) electrons. The lowest BCUT2D eigenvalue weighted by molar-refractivity contribution is 0.0526.